The lowest BCUT2D eigenvalue weighted by molar-refractivity contribution is -0.120. The van der Waals surface area contributed by atoms with E-state index in [0.717, 1.165) is 12.0 Å². The highest BCUT2D eigenvalue weighted by atomic mass is 35.5. The number of methoxy groups -OCH3 is 1. The number of hydrogen-bond donors (Lipinski definition) is 2. The van der Waals surface area contributed by atoms with E-state index in [0.29, 0.717) is 5.69 Å². The highest BCUT2D eigenvalue weighted by molar-refractivity contribution is 6.32. The minimum atomic E-state index is -0.677. The molecule has 0 aliphatic heterocycles. The second kappa shape index (κ2) is 10.5. The summed E-state index contributed by atoms with van der Waals surface area (Å²) < 4.78 is 10.5. The van der Waals surface area contributed by atoms with E-state index >= 15 is 0 Å². The van der Waals surface area contributed by atoms with Crippen molar-refractivity contribution >= 4 is 35.0 Å². The quantitative estimate of drug-likeness (QED) is 0.631. The first-order chi connectivity index (χ1) is 14.3. The number of benzene rings is 2. The van der Waals surface area contributed by atoms with Crippen molar-refractivity contribution in [3.05, 3.63) is 52.5 Å². The minimum Gasteiger partial charge on any atom is -0.493 e. The molecule has 0 aliphatic rings. The summed E-state index contributed by atoms with van der Waals surface area (Å²) in [5.41, 5.74) is 6.99. The molecule has 2 rings (SSSR count). The lowest BCUT2D eigenvalue weighted by atomic mass is 10.1. The summed E-state index contributed by atoms with van der Waals surface area (Å²) >= 11 is 6.18. The molecule has 0 aliphatic carbocycles. The fourth-order valence-corrected chi connectivity index (χ4v) is 3.04. The van der Waals surface area contributed by atoms with Crippen LogP contribution in [0.2, 0.25) is 5.02 Å². The predicted molar refractivity (Wildman–Crippen MR) is 114 cm³/mol. The third-order valence-corrected chi connectivity index (χ3v) is 4.52. The Morgan fingerprint density at radius 1 is 1.20 bits per heavy atom. The molecule has 2 aromatic rings. The molecule has 0 bridgehead atoms. The number of nitrogens with zero attached hydrogens (tertiary/aromatic N) is 1. The summed E-state index contributed by atoms with van der Waals surface area (Å²) in [5, 5.41) is 2.90. The van der Waals surface area contributed by atoms with Gasteiger partial charge < -0.3 is 25.4 Å². The number of anilines is 1. The molecular formula is C21H24ClN3O5. The molecule has 30 heavy (non-hydrogen) atoms. The van der Waals surface area contributed by atoms with Crippen LogP contribution in [0.25, 0.3) is 0 Å². The zero-order chi connectivity index (χ0) is 22.3. The van der Waals surface area contributed by atoms with Gasteiger partial charge in [0, 0.05) is 18.3 Å². The van der Waals surface area contributed by atoms with E-state index in [9.17, 15) is 14.4 Å². The zero-order valence-corrected chi connectivity index (χ0v) is 17.8. The monoisotopic (exact) mass is 433 g/mol. The first-order valence-corrected chi connectivity index (χ1v) is 9.56. The summed E-state index contributed by atoms with van der Waals surface area (Å²) in [6.45, 7) is 1.45. The summed E-state index contributed by atoms with van der Waals surface area (Å²) in [4.78, 5) is 37.4. The van der Waals surface area contributed by atoms with Crippen molar-refractivity contribution < 1.29 is 23.9 Å². The van der Waals surface area contributed by atoms with Crippen LogP contribution in [-0.2, 0) is 16.0 Å². The fourth-order valence-electron chi connectivity index (χ4n) is 2.77. The Labute approximate surface area is 179 Å². The van der Waals surface area contributed by atoms with Crippen molar-refractivity contribution in [2.75, 3.05) is 32.6 Å². The van der Waals surface area contributed by atoms with Gasteiger partial charge in [-0.3, -0.25) is 14.4 Å². The third kappa shape index (κ3) is 5.87. The smallest absolute Gasteiger partial charge is 0.255 e. The molecule has 8 nitrogen and oxygen atoms in total. The maximum atomic E-state index is 12.8. The van der Waals surface area contributed by atoms with Crippen molar-refractivity contribution in [1.82, 2.24) is 4.90 Å². The van der Waals surface area contributed by atoms with Crippen LogP contribution in [0.1, 0.15) is 22.8 Å². The Balaban J connectivity index is 2.12. The Bertz CT molecular complexity index is 948. The van der Waals surface area contributed by atoms with Crippen LogP contribution in [0.15, 0.2) is 36.4 Å². The van der Waals surface area contributed by atoms with E-state index in [4.69, 9.17) is 26.8 Å². The number of nitrogens with one attached hydrogen (secondary N) is 1. The van der Waals surface area contributed by atoms with Gasteiger partial charge in [-0.05, 0) is 30.2 Å². The fraction of sp³-hybridized carbons (Fsp3) is 0.286. The van der Waals surface area contributed by atoms with E-state index in [-0.39, 0.29) is 41.1 Å². The van der Waals surface area contributed by atoms with E-state index in [2.05, 4.69) is 5.32 Å². The molecule has 2 aromatic carbocycles. The van der Waals surface area contributed by atoms with Gasteiger partial charge in [0.05, 0.1) is 18.7 Å². The third-order valence-electron chi connectivity index (χ3n) is 4.23. The van der Waals surface area contributed by atoms with Gasteiger partial charge in [-0.15, -0.1) is 0 Å². The molecule has 0 atom stereocenters. The van der Waals surface area contributed by atoms with Crippen molar-refractivity contribution in [3.8, 4) is 11.5 Å². The first-order valence-electron chi connectivity index (χ1n) is 9.18. The molecule has 160 valence electrons. The Morgan fingerprint density at radius 2 is 1.90 bits per heavy atom. The molecule has 0 spiro atoms. The summed E-state index contributed by atoms with van der Waals surface area (Å²) in [5.74, 6) is -1.17. The molecule has 0 aromatic heterocycles. The maximum Gasteiger partial charge on any atom is 0.255 e. The van der Waals surface area contributed by atoms with Gasteiger partial charge >= 0.3 is 0 Å². The molecule has 3 amide bonds. The summed E-state index contributed by atoms with van der Waals surface area (Å²) in [7, 11) is 2.88. The number of rotatable bonds is 9. The number of halogens is 1. The Hall–Kier alpha value is -3.26. The van der Waals surface area contributed by atoms with Crippen LogP contribution in [0, 0.1) is 0 Å². The van der Waals surface area contributed by atoms with Crippen molar-refractivity contribution in [1.29, 1.82) is 0 Å². The molecule has 0 fully saturated rings. The number of carbonyl (C=O) groups excluding carboxylic acids is 3. The summed E-state index contributed by atoms with van der Waals surface area (Å²) in [6, 6.07) is 10.3. The van der Waals surface area contributed by atoms with Crippen LogP contribution < -0.4 is 20.5 Å². The van der Waals surface area contributed by atoms with Gasteiger partial charge in [0.2, 0.25) is 5.91 Å². The normalized spacial score (nSPS) is 10.3. The van der Waals surface area contributed by atoms with Crippen molar-refractivity contribution in [3.63, 3.8) is 0 Å². The van der Waals surface area contributed by atoms with Crippen molar-refractivity contribution in [2.24, 2.45) is 5.73 Å². The minimum absolute atomic E-state index is 0.0775. The molecule has 0 unspecified atom stereocenters. The van der Waals surface area contributed by atoms with E-state index < -0.39 is 11.8 Å². The molecule has 0 saturated carbocycles. The standard InChI is InChI=1S/C21H24ClN3O5/c1-4-13-7-5-6-8-16(13)24-19(27)11-25(2)21(28)14-9-15(22)20(17(10-14)29-3)30-12-18(23)26/h5-10H,4,11-12H2,1-3H3,(H2,23,26)(H,24,27). The van der Waals surface area contributed by atoms with E-state index in [1.165, 1.54) is 31.2 Å². The molecule has 3 N–H and O–H groups in total. The summed E-state index contributed by atoms with van der Waals surface area (Å²) in [6.07, 6.45) is 0.772. The topological polar surface area (TPSA) is 111 Å². The molecule has 0 radical (unpaired) electrons. The first kappa shape index (κ1) is 23.0. The lowest BCUT2D eigenvalue weighted by Crippen LogP contribution is -2.35. The van der Waals surface area contributed by atoms with E-state index in [1.54, 1.807) is 0 Å². The highest BCUT2D eigenvalue weighted by Gasteiger charge is 2.20. The number of aryl methyl sites for hydroxylation is 1. The number of amides is 3. The van der Waals surface area contributed by atoms with Crippen LogP contribution in [-0.4, -0.2) is 49.9 Å². The number of likely N-dealkylation sites (N-methyl/N-ethyl adjacent to an activating group) is 1. The van der Waals surface area contributed by atoms with Crippen LogP contribution in [0.4, 0.5) is 5.69 Å². The average molecular weight is 434 g/mol. The molecule has 0 heterocycles. The number of primary amides is 1. The number of carbonyl (C=O) groups is 3. The average Bonchev–Trinajstić information content (AvgIpc) is 2.71. The molecule has 9 heteroatoms. The largest absolute Gasteiger partial charge is 0.493 e. The zero-order valence-electron chi connectivity index (χ0n) is 17.0. The van der Waals surface area contributed by atoms with Gasteiger partial charge in [-0.25, -0.2) is 0 Å². The van der Waals surface area contributed by atoms with Crippen LogP contribution >= 0.6 is 11.6 Å². The van der Waals surface area contributed by atoms with E-state index in [1.807, 2.05) is 31.2 Å². The lowest BCUT2D eigenvalue weighted by Gasteiger charge is -2.19. The second-order valence-corrected chi connectivity index (χ2v) is 6.87. The van der Waals surface area contributed by atoms with Crippen LogP contribution in [0.3, 0.4) is 0 Å². The SMILES string of the molecule is CCc1ccccc1NC(=O)CN(C)C(=O)c1cc(Cl)c(OCC(N)=O)c(OC)c1. The van der Waals surface area contributed by atoms with Gasteiger partial charge in [0.1, 0.15) is 0 Å². The molecular weight excluding hydrogens is 410 g/mol. The highest BCUT2D eigenvalue weighted by Crippen LogP contribution is 2.36. The number of para-hydroxylation sites is 1. The van der Waals surface area contributed by atoms with Crippen molar-refractivity contribution in [2.45, 2.75) is 13.3 Å². The Kier molecular flexibility index (Phi) is 8.06. The number of ether oxygens (including phenoxy) is 2. The number of hydrogen-bond acceptors (Lipinski definition) is 5. The van der Waals surface area contributed by atoms with Gasteiger partial charge in [-0.2, -0.15) is 0 Å². The second-order valence-electron chi connectivity index (χ2n) is 6.46. The predicted octanol–water partition coefficient (Wildman–Crippen LogP) is 2.49. The molecule has 0 saturated heterocycles. The Morgan fingerprint density at radius 3 is 2.53 bits per heavy atom. The van der Waals surface area contributed by atoms with Gasteiger partial charge in [0.15, 0.2) is 18.1 Å². The van der Waals surface area contributed by atoms with Gasteiger partial charge in [0.25, 0.3) is 11.8 Å². The maximum absolute atomic E-state index is 12.8. The van der Waals surface area contributed by atoms with Gasteiger partial charge in [-0.1, -0.05) is 36.7 Å². The van der Waals surface area contributed by atoms with Crippen LogP contribution in [0.5, 0.6) is 11.5 Å². The number of nitrogens with two attached hydrogens (primary N) is 1.